The van der Waals surface area contributed by atoms with E-state index in [4.69, 9.17) is 5.11 Å². The Balaban J connectivity index is 2.42. The maximum absolute atomic E-state index is 11.9. The van der Waals surface area contributed by atoms with Gasteiger partial charge < -0.3 is 15.7 Å². The largest absolute Gasteiger partial charge is 0.481 e. The fraction of sp³-hybridized carbons (Fsp3) is 0.833. The van der Waals surface area contributed by atoms with Gasteiger partial charge in [0.1, 0.15) is 0 Å². The summed E-state index contributed by atoms with van der Waals surface area (Å²) in [7, 11) is 0. The minimum atomic E-state index is -0.869. The van der Waals surface area contributed by atoms with Crippen molar-refractivity contribution in [2.75, 3.05) is 6.54 Å². The van der Waals surface area contributed by atoms with Crippen LogP contribution in [0.1, 0.15) is 45.4 Å². The number of carboxylic acids is 1. The van der Waals surface area contributed by atoms with E-state index in [-0.39, 0.29) is 24.4 Å². The van der Waals surface area contributed by atoms with Crippen LogP contribution in [0.25, 0.3) is 0 Å². The van der Waals surface area contributed by atoms with Crippen molar-refractivity contribution in [2.24, 2.45) is 0 Å². The topological polar surface area (TPSA) is 78.4 Å². The highest BCUT2D eigenvalue weighted by atomic mass is 16.4. The average Bonchev–Trinajstić information content (AvgIpc) is 2.55. The number of aliphatic carboxylic acids is 1. The quantitative estimate of drug-likeness (QED) is 0.669. The van der Waals surface area contributed by atoms with Crippen molar-refractivity contribution in [3.63, 3.8) is 0 Å². The van der Waals surface area contributed by atoms with Crippen LogP contribution < -0.4 is 10.6 Å². The van der Waals surface area contributed by atoms with E-state index < -0.39 is 5.97 Å². The van der Waals surface area contributed by atoms with Gasteiger partial charge in [-0.3, -0.25) is 9.59 Å². The Morgan fingerprint density at radius 3 is 2.82 bits per heavy atom. The van der Waals surface area contributed by atoms with E-state index in [1.165, 1.54) is 0 Å². The van der Waals surface area contributed by atoms with Gasteiger partial charge in [-0.1, -0.05) is 19.8 Å². The normalized spacial score (nSPS) is 22.5. The molecule has 5 nitrogen and oxygen atoms in total. The average molecular weight is 242 g/mol. The summed E-state index contributed by atoms with van der Waals surface area (Å²) in [5.41, 5.74) is 0. The molecule has 1 rings (SSSR count). The third kappa shape index (κ3) is 5.17. The van der Waals surface area contributed by atoms with Crippen molar-refractivity contribution in [1.29, 1.82) is 0 Å². The minimum absolute atomic E-state index is 0.00500. The molecule has 1 saturated heterocycles. The van der Waals surface area contributed by atoms with Crippen LogP contribution in [0.4, 0.5) is 0 Å². The molecule has 2 atom stereocenters. The fourth-order valence-corrected chi connectivity index (χ4v) is 2.06. The van der Waals surface area contributed by atoms with Gasteiger partial charge in [0.2, 0.25) is 5.91 Å². The number of hydrogen-bond acceptors (Lipinski definition) is 3. The monoisotopic (exact) mass is 242 g/mol. The van der Waals surface area contributed by atoms with Gasteiger partial charge in [0, 0.05) is 6.04 Å². The minimum Gasteiger partial charge on any atom is -0.481 e. The summed E-state index contributed by atoms with van der Waals surface area (Å²) in [4.78, 5) is 22.5. The number of carboxylic acid groups (broad SMARTS) is 1. The van der Waals surface area contributed by atoms with Crippen LogP contribution in [0.2, 0.25) is 0 Å². The van der Waals surface area contributed by atoms with Crippen LogP contribution in [0.15, 0.2) is 0 Å². The second kappa shape index (κ2) is 7.27. The van der Waals surface area contributed by atoms with E-state index in [9.17, 15) is 9.59 Å². The molecule has 1 amide bonds. The lowest BCUT2D eigenvalue weighted by Gasteiger charge is -2.20. The van der Waals surface area contributed by atoms with Crippen LogP contribution in [0.5, 0.6) is 0 Å². The summed E-state index contributed by atoms with van der Waals surface area (Å²) in [6.07, 6.45) is 4.80. The van der Waals surface area contributed by atoms with Crippen LogP contribution in [0.3, 0.4) is 0 Å². The van der Waals surface area contributed by atoms with E-state index in [2.05, 4.69) is 10.6 Å². The van der Waals surface area contributed by atoms with Crippen LogP contribution in [-0.2, 0) is 9.59 Å². The number of hydrogen-bond donors (Lipinski definition) is 3. The van der Waals surface area contributed by atoms with Crippen molar-refractivity contribution in [3.8, 4) is 0 Å². The van der Waals surface area contributed by atoms with E-state index >= 15 is 0 Å². The Labute approximate surface area is 102 Å². The van der Waals surface area contributed by atoms with Crippen molar-refractivity contribution in [3.05, 3.63) is 0 Å². The summed E-state index contributed by atoms with van der Waals surface area (Å²) in [5.74, 6) is -0.925. The van der Waals surface area contributed by atoms with Gasteiger partial charge in [-0.15, -0.1) is 0 Å². The van der Waals surface area contributed by atoms with Crippen molar-refractivity contribution >= 4 is 11.9 Å². The lowest BCUT2D eigenvalue weighted by molar-refractivity contribution is -0.137. The second-order valence-corrected chi connectivity index (χ2v) is 4.57. The molecule has 0 aromatic carbocycles. The first kappa shape index (κ1) is 14.0. The molecule has 0 aliphatic carbocycles. The molecule has 0 spiro atoms. The number of nitrogens with one attached hydrogen (secondary N) is 2. The Morgan fingerprint density at radius 1 is 1.41 bits per heavy atom. The SMILES string of the molecule is CCC(CC(=O)O)NC(=O)C1CCCCCN1. The molecule has 1 aliphatic heterocycles. The highest BCUT2D eigenvalue weighted by Gasteiger charge is 2.22. The lowest BCUT2D eigenvalue weighted by Crippen LogP contribution is -2.47. The molecule has 1 aliphatic rings. The molecule has 0 saturated carbocycles. The van der Waals surface area contributed by atoms with Crippen molar-refractivity contribution < 1.29 is 14.7 Å². The van der Waals surface area contributed by atoms with Crippen LogP contribution in [0, 0.1) is 0 Å². The third-order valence-electron chi connectivity index (χ3n) is 3.14. The highest BCUT2D eigenvalue weighted by molar-refractivity contribution is 5.82. The first-order valence-corrected chi connectivity index (χ1v) is 6.39. The molecule has 17 heavy (non-hydrogen) atoms. The Kier molecular flexibility index (Phi) is 5.97. The summed E-state index contributed by atoms with van der Waals surface area (Å²) >= 11 is 0. The Hall–Kier alpha value is -1.10. The summed E-state index contributed by atoms with van der Waals surface area (Å²) in [5, 5.41) is 14.7. The van der Waals surface area contributed by atoms with Crippen LogP contribution in [-0.4, -0.2) is 35.6 Å². The van der Waals surface area contributed by atoms with E-state index in [1.54, 1.807) is 0 Å². The third-order valence-corrected chi connectivity index (χ3v) is 3.14. The van der Waals surface area contributed by atoms with Gasteiger partial charge in [0.15, 0.2) is 0 Å². The molecule has 0 aromatic heterocycles. The molecular weight excluding hydrogens is 220 g/mol. The maximum atomic E-state index is 11.9. The first-order valence-electron chi connectivity index (χ1n) is 6.39. The first-order chi connectivity index (χ1) is 8.13. The molecular formula is C12H22N2O3. The van der Waals surface area contributed by atoms with Gasteiger partial charge in [0.25, 0.3) is 0 Å². The maximum Gasteiger partial charge on any atom is 0.305 e. The summed E-state index contributed by atoms with van der Waals surface area (Å²) in [6.45, 7) is 2.75. The molecule has 1 fully saturated rings. The zero-order valence-electron chi connectivity index (χ0n) is 10.4. The predicted molar refractivity (Wildman–Crippen MR) is 64.7 cm³/mol. The molecule has 1 heterocycles. The van der Waals surface area contributed by atoms with Gasteiger partial charge in [0.05, 0.1) is 12.5 Å². The lowest BCUT2D eigenvalue weighted by atomic mass is 10.1. The molecule has 98 valence electrons. The standard InChI is InChI=1S/C12H22N2O3/c1-2-9(8-11(15)16)14-12(17)10-6-4-3-5-7-13-10/h9-10,13H,2-8H2,1H3,(H,14,17)(H,15,16). The van der Waals surface area contributed by atoms with Gasteiger partial charge in [-0.25, -0.2) is 0 Å². The van der Waals surface area contributed by atoms with Gasteiger partial charge in [-0.05, 0) is 25.8 Å². The highest BCUT2D eigenvalue weighted by Crippen LogP contribution is 2.09. The van der Waals surface area contributed by atoms with Gasteiger partial charge in [-0.2, -0.15) is 0 Å². The summed E-state index contributed by atoms with van der Waals surface area (Å²) < 4.78 is 0. The molecule has 2 unspecified atom stereocenters. The van der Waals surface area contributed by atoms with Crippen molar-refractivity contribution in [2.45, 2.75) is 57.5 Å². The number of rotatable bonds is 5. The molecule has 3 N–H and O–H groups in total. The number of carbonyl (C=O) groups excluding carboxylic acids is 1. The number of amides is 1. The molecule has 5 heteroatoms. The van der Waals surface area contributed by atoms with Gasteiger partial charge >= 0.3 is 5.97 Å². The predicted octanol–water partition coefficient (Wildman–Crippen LogP) is 0.888. The number of carbonyl (C=O) groups is 2. The Morgan fingerprint density at radius 2 is 2.18 bits per heavy atom. The zero-order valence-corrected chi connectivity index (χ0v) is 10.4. The Bertz CT molecular complexity index is 260. The van der Waals surface area contributed by atoms with Crippen molar-refractivity contribution in [1.82, 2.24) is 10.6 Å². The van der Waals surface area contributed by atoms with E-state index in [1.807, 2.05) is 6.92 Å². The fourth-order valence-electron chi connectivity index (χ4n) is 2.06. The molecule has 0 aromatic rings. The smallest absolute Gasteiger partial charge is 0.305 e. The second-order valence-electron chi connectivity index (χ2n) is 4.57. The van der Waals surface area contributed by atoms with E-state index in [0.717, 1.165) is 32.2 Å². The van der Waals surface area contributed by atoms with E-state index in [0.29, 0.717) is 6.42 Å². The van der Waals surface area contributed by atoms with Crippen LogP contribution >= 0.6 is 0 Å². The molecule has 0 radical (unpaired) electrons. The summed E-state index contributed by atoms with van der Waals surface area (Å²) in [6, 6.07) is -0.412. The zero-order chi connectivity index (χ0) is 12.7. The molecule has 0 bridgehead atoms.